The third-order valence-electron chi connectivity index (χ3n) is 1.87. The summed E-state index contributed by atoms with van der Waals surface area (Å²) in [6.45, 7) is 2.17. The number of nitrogens with two attached hydrogens (primary N) is 1. The molecule has 1 rings (SSSR count). The van der Waals surface area contributed by atoms with Crippen molar-refractivity contribution in [2.24, 2.45) is 5.84 Å². The van der Waals surface area contributed by atoms with E-state index in [1.165, 1.54) is 18.4 Å². The van der Waals surface area contributed by atoms with Gasteiger partial charge in [0, 0.05) is 6.04 Å². The van der Waals surface area contributed by atoms with Gasteiger partial charge in [0.1, 0.15) is 0 Å². The molecule has 1 aliphatic rings. The lowest BCUT2D eigenvalue weighted by Crippen LogP contribution is -2.35. The summed E-state index contributed by atoms with van der Waals surface area (Å²) in [7, 11) is 0. The lowest BCUT2D eigenvalue weighted by molar-refractivity contribution is 0.480. The van der Waals surface area contributed by atoms with Gasteiger partial charge in [-0.25, -0.2) is 0 Å². The number of allylic oxidation sites excluding steroid dienone is 1. The van der Waals surface area contributed by atoms with E-state index in [1.807, 2.05) is 0 Å². The molecule has 1 atom stereocenters. The van der Waals surface area contributed by atoms with Gasteiger partial charge in [-0.2, -0.15) is 0 Å². The summed E-state index contributed by atoms with van der Waals surface area (Å²) in [5, 5.41) is 0. The summed E-state index contributed by atoms with van der Waals surface area (Å²) in [6.07, 6.45) is 5.75. The van der Waals surface area contributed by atoms with Crippen LogP contribution in [0.4, 0.5) is 0 Å². The Labute approximate surface area is 56.1 Å². The Morgan fingerprint density at radius 1 is 1.78 bits per heavy atom. The van der Waals surface area contributed by atoms with E-state index >= 15 is 0 Å². The van der Waals surface area contributed by atoms with Gasteiger partial charge >= 0.3 is 0 Å². The normalized spacial score (nSPS) is 27.8. The quantitative estimate of drug-likeness (QED) is 0.312. The van der Waals surface area contributed by atoms with E-state index in [2.05, 4.69) is 18.4 Å². The number of hydrazine groups is 1. The second kappa shape index (κ2) is 2.99. The standard InChI is InChI=1S/C7H14N2/c1-6-2-4-7(9-8)5-3-6/h2,7,9H,3-5,8H2,1H3. The lowest BCUT2D eigenvalue weighted by Gasteiger charge is -2.18. The van der Waals surface area contributed by atoms with E-state index in [0.29, 0.717) is 6.04 Å². The van der Waals surface area contributed by atoms with Crippen LogP contribution in [0, 0.1) is 0 Å². The fourth-order valence-electron chi connectivity index (χ4n) is 1.12. The van der Waals surface area contributed by atoms with E-state index < -0.39 is 0 Å². The van der Waals surface area contributed by atoms with Crippen LogP contribution in [0.25, 0.3) is 0 Å². The van der Waals surface area contributed by atoms with Gasteiger partial charge in [0.15, 0.2) is 0 Å². The van der Waals surface area contributed by atoms with Crippen molar-refractivity contribution >= 4 is 0 Å². The first kappa shape index (κ1) is 6.78. The third-order valence-corrected chi connectivity index (χ3v) is 1.87. The fourth-order valence-corrected chi connectivity index (χ4v) is 1.12. The predicted molar refractivity (Wildman–Crippen MR) is 38.7 cm³/mol. The summed E-state index contributed by atoms with van der Waals surface area (Å²) >= 11 is 0. The summed E-state index contributed by atoms with van der Waals surface area (Å²) in [4.78, 5) is 0. The van der Waals surface area contributed by atoms with Gasteiger partial charge in [0.25, 0.3) is 0 Å². The highest BCUT2D eigenvalue weighted by Gasteiger charge is 2.08. The molecule has 0 aromatic heterocycles. The van der Waals surface area contributed by atoms with Gasteiger partial charge in [-0.3, -0.25) is 11.3 Å². The van der Waals surface area contributed by atoms with E-state index in [-0.39, 0.29) is 0 Å². The van der Waals surface area contributed by atoms with Crippen molar-refractivity contribution in [3.63, 3.8) is 0 Å². The summed E-state index contributed by atoms with van der Waals surface area (Å²) in [6, 6.07) is 0.522. The van der Waals surface area contributed by atoms with Gasteiger partial charge in [-0.05, 0) is 26.2 Å². The number of hydrogen-bond donors (Lipinski definition) is 2. The highest BCUT2D eigenvalue weighted by atomic mass is 15.2. The Kier molecular flexibility index (Phi) is 2.25. The summed E-state index contributed by atoms with van der Waals surface area (Å²) in [5.41, 5.74) is 4.28. The summed E-state index contributed by atoms with van der Waals surface area (Å²) < 4.78 is 0. The first-order valence-corrected chi connectivity index (χ1v) is 3.44. The molecule has 0 aliphatic heterocycles. The van der Waals surface area contributed by atoms with Crippen LogP contribution in [0.3, 0.4) is 0 Å². The van der Waals surface area contributed by atoms with Gasteiger partial charge in [0.2, 0.25) is 0 Å². The van der Waals surface area contributed by atoms with Crippen molar-refractivity contribution in [1.29, 1.82) is 0 Å². The molecule has 3 N–H and O–H groups in total. The van der Waals surface area contributed by atoms with Crippen LogP contribution in [0.15, 0.2) is 11.6 Å². The zero-order valence-electron chi connectivity index (χ0n) is 5.85. The van der Waals surface area contributed by atoms with Crippen molar-refractivity contribution < 1.29 is 0 Å². The number of hydrogen-bond acceptors (Lipinski definition) is 2. The van der Waals surface area contributed by atoms with Crippen LogP contribution < -0.4 is 11.3 Å². The highest BCUT2D eigenvalue weighted by Crippen LogP contribution is 2.16. The molecule has 0 bridgehead atoms. The molecule has 0 heterocycles. The first-order valence-electron chi connectivity index (χ1n) is 3.44. The summed E-state index contributed by atoms with van der Waals surface area (Å²) in [5.74, 6) is 5.27. The maximum atomic E-state index is 5.27. The molecule has 9 heavy (non-hydrogen) atoms. The zero-order valence-corrected chi connectivity index (χ0v) is 5.85. The van der Waals surface area contributed by atoms with E-state index in [0.717, 1.165) is 6.42 Å². The van der Waals surface area contributed by atoms with Gasteiger partial charge in [-0.15, -0.1) is 0 Å². The van der Waals surface area contributed by atoms with Crippen molar-refractivity contribution in [2.75, 3.05) is 0 Å². The van der Waals surface area contributed by atoms with Crippen LogP contribution in [0.1, 0.15) is 26.2 Å². The Bertz CT molecular complexity index is 118. The van der Waals surface area contributed by atoms with Crippen LogP contribution in [-0.2, 0) is 0 Å². The minimum absolute atomic E-state index is 0.522. The molecular formula is C7H14N2. The van der Waals surface area contributed by atoms with Gasteiger partial charge in [0.05, 0.1) is 0 Å². The van der Waals surface area contributed by atoms with Crippen molar-refractivity contribution in [3.05, 3.63) is 11.6 Å². The molecule has 52 valence electrons. The average molecular weight is 126 g/mol. The molecule has 0 saturated carbocycles. The van der Waals surface area contributed by atoms with E-state index in [9.17, 15) is 0 Å². The van der Waals surface area contributed by atoms with Gasteiger partial charge < -0.3 is 0 Å². The molecule has 0 spiro atoms. The Morgan fingerprint density at radius 2 is 2.56 bits per heavy atom. The lowest BCUT2D eigenvalue weighted by atomic mass is 9.97. The largest absolute Gasteiger partial charge is 0.271 e. The van der Waals surface area contributed by atoms with Crippen molar-refractivity contribution in [2.45, 2.75) is 32.2 Å². The number of nitrogens with one attached hydrogen (secondary N) is 1. The number of rotatable bonds is 1. The van der Waals surface area contributed by atoms with E-state index in [1.54, 1.807) is 0 Å². The average Bonchev–Trinajstić information content (AvgIpc) is 1.90. The molecule has 0 saturated heterocycles. The molecule has 0 aromatic rings. The predicted octanol–water partition coefficient (Wildman–Crippen LogP) is 0.949. The van der Waals surface area contributed by atoms with Crippen molar-refractivity contribution in [1.82, 2.24) is 5.43 Å². The van der Waals surface area contributed by atoms with Crippen LogP contribution in [-0.4, -0.2) is 6.04 Å². The van der Waals surface area contributed by atoms with Crippen molar-refractivity contribution in [3.8, 4) is 0 Å². The zero-order chi connectivity index (χ0) is 6.69. The SMILES string of the molecule is CC1=CCC(NN)CC1. The maximum Gasteiger partial charge on any atom is 0.0248 e. The van der Waals surface area contributed by atoms with E-state index in [4.69, 9.17) is 5.84 Å². The maximum absolute atomic E-state index is 5.27. The Hall–Kier alpha value is -0.340. The first-order chi connectivity index (χ1) is 4.33. The Balaban J connectivity index is 2.36. The topological polar surface area (TPSA) is 38.0 Å². The Morgan fingerprint density at radius 3 is 3.00 bits per heavy atom. The molecule has 0 aromatic carbocycles. The molecule has 0 radical (unpaired) electrons. The minimum Gasteiger partial charge on any atom is -0.271 e. The van der Waals surface area contributed by atoms with Crippen LogP contribution in [0.2, 0.25) is 0 Å². The second-order valence-electron chi connectivity index (χ2n) is 2.69. The molecular weight excluding hydrogens is 112 g/mol. The highest BCUT2D eigenvalue weighted by molar-refractivity contribution is 5.04. The fraction of sp³-hybridized carbons (Fsp3) is 0.714. The molecule has 0 amide bonds. The smallest absolute Gasteiger partial charge is 0.0248 e. The third kappa shape index (κ3) is 1.80. The van der Waals surface area contributed by atoms with Crippen LogP contribution in [0.5, 0.6) is 0 Å². The molecule has 1 unspecified atom stereocenters. The van der Waals surface area contributed by atoms with Crippen LogP contribution >= 0.6 is 0 Å². The monoisotopic (exact) mass is 126 g/mol. The second-order valence-corrected chi connectivity index (χ2v) is 2.69. The molecule has 2 heteroatoms. The molecule has 0 fully saturated rings. The van der Waals surface area contributed by atoms with Gasteiger partial charge in [-0.1, -0.05) is 11.6 Å². The molecule has 1 aliphatic carbocycles. The molecule has 2 nitrogen and oxygen atoms in total. The minimum atomic E-state index is 0.522.